The number of rotatable bonds is 27. The van der Waals surface area contributed by atoms with E-state index >= 15 is 0 Å². The van der Waals surface area contributed by atoms with Crippen molar-refractivity contribution in [2.24, 2.45) is 33.4 Å². The molecule has 0 radical (unpaired) electrons. The van der Waals surface area contributed by atoms with E-state index < -0.39 is 40.9 Å². The van der Waals surface area contributed by atoms with Crippen molar-refractivity contribution in [3.05, 3.63) is 150 Å². The first-order valence-corrected chi connectivity index (χ1v) is 33.3. The Hall–Kier alpha value is -9.71. The number of aliphatic imine (C=N–C) groups is 2. The smallest absolute Gasteiger partial charge is 0.263 e. The summed E-state index contributed by atoms with van der Waals surface area (Å²) in [7, 11) is 5.17. The molecule has 3 unspecified atom stereocenters. The first-order valence-electron chi connectivity index (χ1n) is 33.3. The van der Waals surface area contributed by atoms with Crippen LogP contribution in [0.15, 0.2) is 138 Å². The second-order valence-corrected chi connectivity index (χ2v) is 26.2. The average molecular weight is 1320 g/mol. The van der Waals surface area contributed by atoms with Crippen LogP contribution in [0, 0.1) is 11.8 Å². The van der Waals surface area contributed by atoms with Crippen LogP contribution in [0.4, 0.5) is 22.7 Å². The number of methoxy groups -OCH3 is 2. The topological polar surface area (TPSA) is 277 Å². The summed E-state index contributed by atoms with van der Waals surface area (Å²) in [6.45, 7) is 17.7. The van der Waals surface area contributed by atoms with Crippen LogP contribution >= 0.6 is 0 Å². The number of likely N-dealkylation sites (tertiary alicyclic amines) is 1. The number of anilines is 2. The fraction of sp³-hybridized carbons (Fsp3) is 0.419. The summed E-state index contributed by atoms with van der Waals surface area (Å²) in [4.78, 5) is 114. The summed E-state index contributed by atoms with van der Waals surface area (Å²) in [6.07, 6.45) is 19.2. The number of likely N-dealkylation sites (N-methyl/N-ethyl adjacent to an activating group) is 1. The molecule has 6 N–H and O–H groups in total. The largest absolute Gasteiger partial charge is 0.493 e. The minimum absolute atomic E-state index is 0.0871. The molecule has 0 aliphatic carbocycles. The number of allylic oxidation sites excluding steroid dienone is 6. The molecule has 3 saturated heterocycles. The van der Waals surface area contributed by atoms with E-state index in [9.17, 15) is 33.6 Å². The lowest BCUT2D eigenvalue weighted by atomic mass is 9.79. The van der Waals surface area contributed by atoms with Gasteiger partial charge in [-0.15, -0.1) is 0 Å². The van der Waals surface area contributed by atoms with Crippen molar-refractivity contribution in [3.63, 3.8) is 0 Å². The predicted octanol–water partition coefficient (Wildman–Crippen LogP) is 8.48. The van der Waals surface area contributed by atoms with Gasteiger partial charge < -0.3 is 54.9 Å². The first-order chi connectivity index (χ1) is 46.6. The van der Waals surface area contributed by atoms with Crippen LogP contribution in [0.5, 0.6) is 23.0 Å². The fourth-order valence-electron chi connectivity index (χ4n) is 13.3. The fourth-order valence-corrected chi connectivity index (χ4v) is 13.3. The number of imide groups is 1. The van der Waals surface area contributed by atoms with E-state index in [1.807, 2.05) is 62.7 Å². The van der Waals surface area contributed by atoms with Gasteiger partial charge in [-0.2, -0.15) is 0 Å². The quantitative estimate of drug-likeness (QED) is 0.0109. The number of nitrogens with one attached hydrogen (secondary N) is 2. The standard InChI is InChI=1S/C74H90N12O11/c1-10-12-14-19-50(18-11-2)56-39-66(88)83(70(56)91)29-16-13-15-20-65(87)80-67(47(3)4)68(89)79-48(5)69(90)86(76)54-27-23-52(24-28-54)73(6)44-74(75)45-78-60-41-64(62(95-9)38-58(60)72(93)85(74)46-73)97-35-17-34-96-63-40-59-57(37-61(63)94-8)71(92)84-43-51(36-55(84)42-77-59)49-21-25-53(26-22-49)82-32-30-81(7)31-33-82/h10-12,14,18-19,21-28,37-38,40-43,45,47-48,55-56,67H,2,13,15-17,20,29-36,39,44,46,75-76H2,1,3-9H3,(H,79,89)(H,80,87)/b12-10-,19-14-,50-18+/t48-,55-,56?,67?,73?,74-/m0/s1. The second-order valence-electron chi connectivity index (χ2n) is 26.2. The van der Waals surface area contributed by atoms with Crippen LogP contribution in [-0.4, -0.2) is 171 Å². The molecule has 23 nitrogen and oxygen atoms in total. The molecule has 10 rings (SSSR count). The number of nitrogens with two attached hydrogens (primary N) is 2. The highest BCUT2D eigenvalue weighted by Gasteiger charge is 2.53. The van der Waals surface area contributed by atoms with Gasteiger partial charge in [0, 0.05) is 113 Å². The molecule has 6 aliphatic rings. The van der Waals surface area contributed by atoms with Crippen LogP contribution in [0.25, 0.3) is 5.57 Å². The zero-order valence-corrected chi connectivity index (χ0v) is 56.8. The molecule has 512 valence electrons. The number of hydrogen-bond donors (Lipinski definition) is 4. The Labute approximate surface area is 567 Å². The van der Waals surface area contributed by atoms with Crippen LogP contribution in [-0.2, 0) is 29.4 Å². The number of hydrogen-bond acceptors (Lipinski definition) is 17. The van der Waals surface area contributed by atoms with E-state index in [0.29, 0.717) is 89.7 Å². The number of carbonyl (C=O) groups excluding carboxylic acids is 7. The maximum absolute atomic E-state index is 14.6. The van der Waals surface area contributed by atoms with Gasteiger partial charge in [0.1, 0.15) is 17.7 Å². The Morgan fingerprint density at radius 2 is 1.46 bits per heavy atom. The lowest BCUT2D eigenvalue weighted by molar-refractivity contribution is -0.139. The zero-order valence-electron chi connectivity index (χ0n) is 56.8. The van der Waals surface area contributed by atoms with Gasteiger partial charge in [-0.3, -0.25) is 48.4 Å². The predicted molar refractivity (Wildman–Crippen MR) is 375 cm³/mol. The molecular weight excluding hydrogens is 1230 g/mol. The maximum Gasteiger partial charge on any atom is 0.263 e. The number of benzene rings is 4. The highest BCUT2D eigenvalue weighted by molar-refractivity contribution is 6.07. The molecular formula is C74H90N12O11. The van der Waals surface area contributed by atoms with Crippen molar-refractivity contribution in [2.45, 2.75) is 115 Å². The SMILES string of the molecule is C=C\C=C(/C=C\C=C/C)C1CC(=O)N(CCCCCC(=O)NC(C(=O)N[C@@H](C)C(=O)N(N)c2ccc(C3(C)CN4C(=O)c5cc(OC)c(OCCCOc6cc7c(cc6OC)C(=O)N6C=C(c8ccc(N9CCN(C)CC9)cc8)C[C@H]6C=N7)cc5N=C[C@]4(N)C3)cc2)C(C)C)C1=O. The van der Waals surface area contributed by atoms with Gasteiger partial charge >= 0.3 is 0 Å². The number of piperazine rings is 1. The van der Waals surface area contributed by atoms with Crippen LogP contribution in [0.1, 0.15) is 118 Å². The first kappa shape index (κ1) is 70.1. The van der Waals surface area contributed by atoms with Gasteiger partial charge in [-0.05, 0) is 98.3 Å². The van der Waals surface area contributed by atoms with Gasteiger partial charge in [-0.1, -0.05) is 94.5 Å². The van der Waals surface area contributed by atoms with Crippen molar-refractivity contribution in [3.8, 4) is 23.0 Å². The Kier molecular flexibility index (Phi) is 22.1. The molecule has 6 atom stereocenters. The number of unbranched alkanes of at least 4 members (excludes halogenated alkanes) is 2. The van der Waals surface area contributed by atoms with Gasteiger partial charge in [0.25, 0.3) is 17.7 Å². The maximum atomic E-state index is 14.6. The van der Waals surface area contributed by atoms with Gasteiger partial charge in [0.2, 0.25) is 23.6 Å². The molecule has 6 heterocycles. The summed E-state index contributed by atoms with van der Waals surface area (Å²) in [5.74, 6) is 4.54. The van der Waals surface area contributed by atoms with E-state index in [1.54, 1.807) is 78.4 Å². The van der Waals surface area contributed by atoms with Crippen LogP contribution in [0.3, 0.4) is 0 Å². The second kappa shape index (κ2) is 30.6. The molecule has 23 heteroatoms. The third kappa shape index (κ3) is 15.6. The Balaban J connectivity index is 0.682. The molecule has 6 aliphatic heterocycles. The number of carbonyl (C=O) groups is 7. The normalized spacial score (nSPS) is 21.5. The zero-order chi connectivity index (χ0) is 69.3. The summed E-state index contributed by atoms with van der Waals surface area (Å²) in [6, 6.07) is 20.1. The van der Waals surface area contributed by atoms with Gasteiger partial charge in [-0.25, -0.2) is 10.9 Å². The average Bonchev–Trinajstić information content (AvgIpc) is 1.58. The lowest BCUT2D eigenvalue weighted by Crippen LogP contribution is -2.56. The molecule has 97 heavy (non-hydrogen) atoms. The highest BCUT2D eigenvalue weighted by atomic mass is 16.5. The number of fused-ring (bicyclic) bond motifs is 4. The van der Waals surface area contributed by atoms with E-state index in [4.69, 9.17) is 40.5 Å². The molecule has 7 amide bonds. The van der Waals surface area contributed by atoms with Crippen LogP contribution in [0.2, 0.25) is 0 Å². The highest BCUT2D eigenvalue weighted by Crippen LogP contribution is 2.46. The Morgan fingerprint density at radius 1 is 0.804 bits per heavy atom. The summed E-state index contributed by atoms with van der Waals surface area (Å²) < 4.78 is 23.9. The van der Waals surface area contributed by atoms with Crippen molar-refractivity contribution in [1.29, 1.82) is 0 Å². The van der Waals surface area contributed by atoms with E-state index in [2.05, 4.69) is 58.3 Å². The van der Waals surface area contributed by atoms with Crippen molar-refractivity contribution in [2.75, 3.05) is 83.7 Å². The van der Waals surface area contributed by atoms with Crippen molar-refractivity contribution >= 4 is 82.1 Å². The summed E-state index contributed by atoms with van der Waals surface area (Å²) >= 11 is 0. The minimum atomic E-state index is -1.28. The minimum Gasteiger partial charge on any atom is -0.493 e. The number of ether oxygens (including phenoxy) is 4. The number of nitrogens with zero attached hydrogens (tertiary/aromatic N) is 8. The van der Waals surface area contributed by atoms with Gasteiger partial charge in [0.05, 0.1) is 67.6 Å². The lowest BCUT2D eigenvalue weighted by Gasteiger charge is -2.34. The van der Waals surface area contributed by atoms with Crippen LogP contribution < -0.4 is 51.1 Å². The Morgan fingerprint density at radius 3 is 2.10 bits per heavy atom. The van der Waals surface area contributed by atoms with Gasteiger partial charge in [0.15, 0.2) is 23.0 Å². The molecule has 3 fully saturated rings. The Bertz CT molecular complexity index is 3850. The molecule has 4 aromatic rings. The van der Waals surface area contributed by atoms with Crippen molar-refractivity contribution in [1.82, 2.24) is 30.2 Å². The summed E-state index contributed by atoms with van der Waals surface area (Å²) in [5, 5.41) is 6.49. The molecule has 0 spiro atoms. The molecule has 0 aromatic heterocycles. The summed E-state index contributed by atoms with van der Waals surface area (Å²) in [5.41, 5.74) is 11.9. The van der Waals surface area contributed by atoms with E-state index in [0.717, 1.165) is 47.9 Å². The number of amides is 7. The molecule has 4 aromatic carbocycles. The molecule has 0 saturated carbocycles. The monoisotopic (exact) mass is 1320 g/mol. The van der Waals surface area contributed by atoms with Crippen molar-refractivity contribution < 1.29 is 52.5 Å². The van der Waals surface area contributed by atoms with E-state index in [1.165, 1.54) is 31.7 Å². The molecule has 0 bridgehead atoms. The third-order valence-electron chi connectivity index (χ3n) is 18.9. The number of hydrazine groups is 1. The van der Waals surface area contributed by atoms with E-state index in [-0.39, 0.29) is 86.2 Å². The third-order valence-corrected chi connectivity index (χ3v) is 18.9.